The second-order valence-electron chi connectivity index (χ2n) is 4.95. The van der Waals surface area contributed by atoms with Crippen molar-refractivity contribution in [1.29, 1.82) is 5.26 Å². The van der Waals surface area contributed by atoms with Crippen LogP contribution in [0, 0.1) is 25.2 Å². The minimum absolute atomic E-state index is 0.535. The number of benzene rings is 1. The van der Waals surface area contributed by atoms with E-state index in [1.165, 1.54) is 0 Å². The Balaban J connectivity index is 2.30. The van der Waals surface area contributed by atoms with E-state index < -0.39 is 0 Å². The molecule has 5 heteroatoms. The van der Waals surface area contributed by atoms with E-state index in [2.05, 4.69) is 23.4 Å². The Labute approximate surface area is 125 Å². The van der Waals surface area contributed by atoms with Crippen LogP contribution in [0.4, 0.5) is 0 Å². The van der Waals surface area contributed by atoms with Crippen molar-refractivity contribution in [3.05, 3.63) is 40.7 Å². The molecular weight excluding hydrogens is 264 g/mol. The Hall–Kier alpha value is -2.32. The minimum Gasteiger partial charge on any atom is -0.452 e. The molecule has 0 saturated carbocycles. The van der Waals surface area contributed by atoms with Crippen LogP contribution in [0.2, 0.25) is 0 Å². The highest BCUT2D eigenvalue weighted by molar-refractivity contribution is 5.48. The molecule has 110 valence electrons. The lowest BCUT2D eigenvalue weighted by Crippen LogP contribution is -2.11. The first kappa shape index (κ1) is 15.1. The van der Waals surface area contributed by atoms with E-state index in [1.54, 1.807) is 4.68 Å². The molecule has 0 saturated heterocycles. The van der Waals surface area contributed by atoms with Crippen molar-refractivity contribution in [1.82, 2.24) is 15.1 Å². The molecule has 1 aromatic heterocycles. The van der Waals surface area contributed by atoms with Gasteiger partial charge in [-0.3, -0.25) is 4.68 Å². The van der Waals surface area contributed by atoms with Gasteiger partial charge in [0.2, 0.25) is 0 Å². The third-order valence-electron chi connectivity index (χ3n) is 3.40. The number of nitriles is 1. The van der Waals surface area contributed by atoms with E-state index in [9.17, 15) is 5.26 Å². The van der Waals surface area contributed by atoms with Crippen LogP contribution in [-0.2, 0) is 13.6 Å². The summed E-state index contributed by atoms with van der Waals surface area (Å²) in [6, 6.07) is 7.87. The van der Waals surface area contributed by atoms with Crippen molar-refractivity contribution in [2.45, 2.75) is 27.3 Å². The predicted octanol–water partition coefficient (Wildman–Crippen LogP) is 2.81. The van der Waals surface area contributed by atoms with Crippen LogP contribution in [0.1, 0.15) is 29.4 Å². The molecule has 0 bridgehead atoms. The molecule has 0 aliphatic carbocycles. The zero-order chi connectivity index (χ0) is 15.4. The molecule has 0 radical (unpaired) electrons. The van der Waals surface area contributed by atoms with Gasteiger partial charge in [-0.2, -0.15) is 10.4 Å². The largest absolute Gasteiger partial charge is 0.452 e. The maximum atomic E-state index is 9.32. The first-order valence-corrected chi connectivity index (χ1v) is 6.98. The smallest absolute Gasteiger partial charge is 0.171 e. The lowest BCUT2D eigenvalue weighted by molar-refractivity contribution is 0.472. The van der Waals surface area contributed by atoms with Crippen LogP contribution >= 0.6 is 0 Å². The highest BCUT2D eigenvalue weighted by Gasteiger charge is 2.14. The fourth-order valence-corrected chi connectivity index (χ4v) is 2.14. The van der Waals surface area contributed by atoms with Crippen molar-refractivity contribution in [2.75, 3.05) is 6.54 Å². The number of nitrogens with zero attached hydrogens (tertiary/aromatic N) is 3. The van der Waals surface area contributed by atoms with Gasteiger partial charge < -0.3 is 10.1 Å². The summed E-state index contributed by atoms with van der Waals surface area (Å²) < 4.78 is 7.69. The van der Waals surface area contributed by atoms with E-state index in [0.29, 0.717) is 17.1 Å². The van der Waals surface area contributed by atoms with Crippen molar-refractivity contribution in [3.63, 3.8) is 0 Å². The Kier molecular flexibility index (Phi) is 4.61. The molecule has 1 aromatic carbocycles. The van der Waals surface area contributed by atoms with Gasteiger partial charge in [0, 0.05) is 13.6 Å². The number of hydrogen-bond donors (Lipinski definition) is 1. The normalized spacial score (nSPS) is 10.4. The molecule has 0 atom stereocenters. The van der Waals surface area contributed by atoms with Crippen molar-refractivity contribution in [2.24, 2.45) is 7.05 Å². The zero-order valence-electron chi connectivity index (χ0n) is 12.9. The molecule has 0 aliphatic heterocycles. The summed E-state index contributed by atoms with van der Waals surface area (Å²) in [5.74, 6) is 1.28. The van der Waals surface area contributed by atoms with Gasteiger partial charge in [-0.1, -0.05) is 13.0 Å². The van der Waals surface area contributed by atoms with E-state index in [4.69, 9.17) is 4.74 Å². The van der Waals surface area contributed by atoms with Gasteiger partial charge in [0.15, 0.2) is 5.75 Å². The van der Waals surface area contributed by atoms with Crippen molar-refractivity contribution in [3.8, 4) is 17.6 Å². The number of hydrogen-bond acceptors (Lipinski definition) is 4. The quantitative estimate of drug-likeness (QED) is 0.917. The zero-order valence-corrected chi connectivity index (χ0v) is 12.9. The molecule has 21 heavy (non-hydrogen) atoms. The van der Waals surface area contributed by atoms with Crippen LogP contribution in [0.25, 0.3) is 0 Å². The Morgan fingerprint density at radius 3 is 2.71 bits per heavy atom. The number of aryl methyl sites for hydroxylation is 2. The number of rotatable bonds is 5. The highest BCUT2D eigenvalue weighted by Crippen LogP contribution is 2.30. The number of nitrogens with one attached hydrogen (secondary N) is 1. The molecule has 0 aliphatic rings. The van der Waals surface area contributed by atoms with Gasteiger partial charge in [-0.05, 0) is 38.1 Å². The van der Waals surface area contributed by atoms with Gasteiger partial charge in [-0.25, -0.2) is 0 Å². The summed E-state index contributed by atoms with van der Waals surface area (Å²) in [4.78, 5) is 0. The predicted molar refractivity (Wildman–Crippen MR) is 81.3 cm³/mol. The average molecular weight is 284 g/mol. The molecule has 0 amide bonds. The summed E-state index contributed by atoms with van der Waals surface area (Å²) in [5, 5.41) is 16.9. The molecular formula is C16H20N4O. The average Bonchev–Trinajstić information content (AvgIpc) is 2.72. The van der Waals surface area contributed by atoms with Crippen molar-refractivity contribution >= 4 is 0 Å². The third kappa shape index (κ3) is 3.23. The summed E-state index contributed by atoms with van der Waals surface area (Å²) in [6.45, 7) is 7.54. The van der Waals surface area contributed by atoms with Gasteiger partial charge in [0.1, 0.15) is 17.5 Å². The fourth-order valence-electron chi connectivity index (χ4n) is 2.14. The van der Waals surface area contributed by atoms with E-state index in [0.717, 1.165) is 30.0 Å². The van der Waals surface area contributed by atoms with E-state index in [1.807, 2.05) is 39.1 Å². The highest BCUT2D eigenvalue weighted by atomic mass is 16.5. The monoisotopic (exact) mass is 284 g/mol. The van der Waals surface area contributed by atoms with Crippen LogP contribution in [0.5, 0.6) is 11.5 Å². The standard InChI is InChI=1S/C16H20N4O/c1-5-18-10-13-6-7-15(14(8-13)9-17)21-16-11(2)19-20(4)12(16)3/h6-8,18H,5,10H2,1-4H3. The van der Waals surface area contributed by atoms with E-state index in [-0.39, 0.29) is 0 Å². The molecule has 1 N–H and O–H groups in total. The lowest BCUT2D eigenvalue weighted by atomic mass is 10.1. The summed E-state index contributed by atoms with van der Waals surface area (Å²) in [7, 11) is 1.87. The molecule has 0 fully saturated rings. The lowest BCUT2D eigenvalue weighted by Gasteiger charge is -2.09. The Morgan fingerprint density at radius 1 is 1.38 bits per heavy atom. The van der Waals surface area contributed by atoms with Crippen LogP contribution < -0.4 is 10.1 Å². The molecule has 1 heterocycles. The minimum atomic E-state index is 0.535. The number of aromatic nitrogens is 2. The summed E-state index contributed by atoms with van der Waals surface area (Å²) >= 11 is 0. The summed E-state index contributed by atoms with van der Waals surface area (Å²) in [6.07, 6.45) is 0. The third-order valence-corrected chi connectivity index (χ3v) is 3.40. The topological polar surface area (TPSA) is 62.9 Å². The Bertz CT molecular complexity index is 682. The van der Waals surface area contributed by atoms with Gasteiger partial charge in [0.05, 0.1) is 11.3 Å². The molecule has 0 unspecified atom stereocenters. The van der Waals surface area contributed by atoms with Crippen molar-refractivity contribution < 1.29 is 4.74 Å². The first-order valence-electron chi connectivity index (χ1n) is 6.98. The maximum Gasteiger partial charge on any atom is 0.171 e. The van der Waals surface area contributed by atoms with Crippen LogP contribution in [0.3, 0.4) is 0 Å². The Morgan fingerprint density at radius 2 is 2.14 bits per heavy atom. The fraction of sp³-hybridized carbons (Fsp3) is 0.375. The van der Waals surface area contributed by atoms with Crippen LogP contribution in [-0.4, -0.2) is 16.3 Å². The van der Waals surface area contributed by atoms with Gasteiger partial charge >= 0.3 is 0 Å². The second-order valence-corrected chi connectivity index (χ2v) is 4.95. The number of ether oxygens (including phenoxy) is 1. The van der Waals surface area contributed by atoms with Gasteiger partial charge in [0.25, 0.3) is 0 Å². The molecule has 2 aromatic rings. The first-order chi connectivity index (χ1) is 10.1. The summed E-state index contributed by atoms with van der Waals surface area (Å²) in [5.41, 5.74) is 3.36. The second kappa shape index (κ2) is 6.42. The molecule has 5 nitrogen and oxygen atoms in total. The van der Waals surface area contributed by atoms with E-state index >= 15 is 0 Å². The van der Waals surface area contributed by atoms with Crippen LogP contribution in [0.15, 0.2) is 18.2 Å². The molecule has 2 rings (SSSR count). The molecule has 0 spiro atoms. The SMILES string of the molecule is CCNCc1ccc(Oc2c(C)nn(C)c2C)c(C#N)c1. The van der Waals surface area contributed by atoms with Gasteiger partial charge in [-0.15, -0.1) is 0 Å². The maximum absolute atomic E-state index is 9.32.